The van der Waals surface area contributed by atoms with Crippen LogP contribution in [0, 0.1) is 10.1 Å². The summed E-state index contributed by atoms with van der Waals surface area (Å²) in [5.41, 5.74) is -0.0419. The second kappa shape index (κ2) is 5.82. The maximum Gasteiger partial charge on any atom is 0.353 e. The highest BCUT2D eigenvalue weighted by molar-refractivity contribution is 8.00. The molecule has 1 saturated heterocycles. The fourth-order valence-electron chi connectivity index (χ4n) is 2.18. The highest BCUT2D eigenvalue weighted by atomic mass is 32.2. The zero-order chi connectivity index (χ0) is 14.8. The zero-order valence-corrected chi connectivity index (χ0v) is 12.7. The molecule has 0 bridgehead atoms. The van der Waals surface area contributed by atoms with E-state index in [2.05, 4.69) is 29.1 Å². The Kier molecular flexibility index (Phi) is 4.32. The second-order valence-corrected chi connectivity index (χ2v) is 7.05. The molecule has 20 heavy (non-hydrogen) atoms. The van der Waals surface area contributed by atoms with Gasteiger partial charge in [0.1, 0.15) is 6.33 Å². The van der Waals surface area contributed by atoms with E-state index < -0.39 is 4.92 Å². The second-order valence-electron chi connectivity index (χ2n) is 5.25. The number of thioether (sulfide) groups is 1. The summed E-state index contributed by atoms with van der Waals surface area (Å²) in [6.45, 7) is 5.93. The highest BCUT2D eigenvalue weighted by Crippen LogP contribution is 2.36. The van der Waals surface area contributed by atoms with Gasteiger partial charge < -0.3 is 10.2 Å². The summed E-state index contributed by atoms with van der Waals surface area (Å²) in [4.78, 5) is 21.0. The lowest BCUT2D eigenvalue weighted by Gasteiger charge is -2.23. The molecule has 2 heterocycles. The lowest BCUT2D eigenvalue weighted by molar-refractivity contribution is -0.383. The van der Waals surface area contributed by atoms with Gasteiger partial charge in [-0.05, 0) is 6.42 Å². The fraction of sp³-hybridized carbons (Fsp3) is 0.667. The summed E-state index contributed by atoms with van der Waals surface area (Å²) in [5, 5.41) is 14.1. The van der Waals surface area contributed by atoms with Crippen molar-refractivity contribution < 1.29 is 4.92 Å². The average Bonchev–Trinajstić information content (AvgIpc) is 2.58. The van der Waals surface area contributed by atoms with Gasteiger partial charge in [-0.1, -0.05) is 13.8 Å². The van der Waals surface area contributed by atoms with Crippen molar-refractivity contribution in [1.29, 1.82) is 0 Å². The third-order valence-electron chi connectivity index (χ3n) is 3.36. The van der Waals surface area contributed by atoms with Crippen molar-refractivity contribution in [3.8, 4) is 0 Å². The monoisotopic (exact) mass is 297 g/mol. The van der Waals surface area contributed by atoms with E-state index >= 15 is 0 Å². The van der Waals surface area contributed by atoms with E-state index in [1.165, 1.54) is 6.33 Å². The molecule has 0 aliphatic carbocycles. The van der Waals surface area contributed by atoms with Crippen LogP contribution >= 0.6 is 11.8 Å². The molecule has 1 aromatic rings. The van der Waals surface area contributed by atoms with Crippen LogP contribution in [0.3, 0.4) is 0 Å². The van der Waals surface area contributed by atoms with E-state index in [1.54, 1.807) is 7.05 Å². The Morgan fingerprint density at radius 3 is 2.85 bits per heavy atom. The normalized spacial score (nSPS) is 18.4. The number of rotatable bonds is 3. The third-order valence-corrected chi connectivity index (χ3v) is 4.73. The van der Waals surface area contributed by atoms with Crippen LogP contribution in [0.4, 0.5) is 17.3 Å². The van der Waals surface area contributed by atoms with Crippen LogP contribution in [0.2, 0.25) is 0 Å². The zero-order valence-electron chi connectivity index (χ0n) is 11.9. The van der Waals surface area contributed by atoms with Crippen LogP contribution in [0.15, 0.2) is 6.33 Å². The number of hydrogen-bond donors (Lipinski definition) is 1. The smallest absolute Gasteiger partial charge is 0.353 e. The number of nitrogens with zero attached hydrogens (tertiary/aromatic N) is 4. The largest absolute Gasteiger partial charge is 0.367 e. The summed E-state index contributed by atoms with van der Waals surface area (Å²) < 4.78 is 0.197. The summed E-state index contributed by atoms with van der Waals surface area (Å²) in [7, 11) is 1.63. The molecule has 0 saturated carbocycles. The first-order valence-corrected chi connectivity index (χ1v) is 7.49. The van der Waals surface area contributed by atoms with E-state index in [-0.39, 0.29) is 16.3 Å². The number of nitrogens with one attached hydrogen (secondary N) is 1. The van der Waals surface area contributed by atoms with E-state index in [4.69, 9.17) is 0 Å². The van der Waals surface area contributed by atoms with Gasteiger partial charge in [0.2, 0.25) is 11.6 Å². The van der Waals surface area contributed by atoms with Gasteiger partial charge in [0.25, 0.3) is 0 Å². The van der Waals surface area contributed by atoms with Gasteiger partial charge in [-0.15, -0.1) is 0 Å². The van der Waals surface area contributed by atoms with Crippen molar-refractivity contribution in [2.24, 2.45) is 0 Å². The van der Waals surface area contributed by atoms with Crippen LogP contribution in [-0.4, -0.2) is 45.5 Å². The lowest BCUT2D eigenvalue weighted by atomic mass is 10.1. The molecule has 7 nitrogen and oxygen atoms in total. The predicted octanol–water partition coefficient (Wildman–Crippen LogP) is 2.15. The number of anilines is 2. The van der Waals surface area contributed by atoms with Crippen LogP contribution < -0.4 is 10.2 Å². The molecule has 1 aromatic heterocycles. The Morgan fingerprint density at radius 2 is 2.20 bits per heavy atom. The minimum atomic E-state index is -0.412. The molecule has 0 atom stereocenters. The molecule has 1 aliphatic rings. The number of hydrogen-bond acceptors (Lipinski definition) is 7. The molecular formula is C12H19N5O2S. The number of aromatic nitrogens is 2. The predicted molar refractivity (Wildman–Crippen MR) is 81.6 cm³/mol. The van der Waals surface area contributed by atoms with Crippen molar-refractivity contribution in [1.82, 2.24) is 9.97 Å². The van der Waals surface area contributed by atoms with Gasteiger partial charge >= 0.3 is 5.69 Å². The van der Waals surface area contributed by atoms with Crippen LogP contribution in [0.5, 0.6) is 0 Å². The molecule has 0 unspecified atom stereocenters. The Hall–Kier alpha value is -1.57. The lowest BCUT2D eigenvalue weighted by Crippen LogP contribution is -2.28. The quantitative estimate of drug-likeness (QED) is 0.676. The first-order chi connectivity index (χ1) is 9.44. The van der Waals surface area contributed by atoms with Crippen molar-refractivity contribution in [3.05, 3.63) is 16.4 Å². The summed E-state index contributed by atoms with van der Waals surface area (Å²) in [6.07, 6.45) is 2.34. The first kappa shape index (κ1) is 14.8. The Balaban J connectivity index is 2.35. The molecule has 110 valence electrons. The van der Waals surface area contributed by atoms with Crippen LogP contribution in [0.25, 0.3) is 0 Å². The SMILES string of the molecule is CNc1ncnc(N2CCSC(C)(C)CC2)c1[N+](=O)[O-]. The maximum atomic E-state index is 11.3. The summed E-state index contributed by atoms with van der Waals surface area (Å²) in [6, 6.07) is 0. The van der Waals surface area contributed by atoms with Gasteiger partial charge in [-0.25, -0.2) is 9.97 Å². The van der Waals surface area contributed by atoms with Gasteiger partial charge in [-0.3, -0.25) is 10.1 Å². The van der Waals surface area contributed by atoms with Crippen molar-refractivity contribution >= 4 is 29.1 Å². The molecule has 0 spiro atoms. The third kappa shape index (κ3) is 3.12. The molecule has 8 heteroatoms. The van der Waals surface area contributed by atoms with Crippen LogP contribution in [-0.2, 0) is 0 Å². The van der Waals surface area contributed by atoms with E-state index in [0.29, 0.717) is 5.82 Å². The standard InChI is InChI=1S/C12H19N5O2S/c1-12(2)4-5-16(6-7-20-12)11-9(17(18)19)10(13-3)14-8-15-11/h8H,4-7H2,1-3H3,(H,13,14,15). The first-order valence-electron chi connectivity index (χ1n) is 6.50. The summed E-state index contributed by atoms with van der Waals surface area (Å²) in [5.74, 6) is 1.60. The van der Waals surface area contributed by atoms with E-state index in [0.717, 1.165) is 25.3 Å². The molecule has 0 aromatic carbocycles. The molecule has 1 aliphatic heterocycles. The Morgan fingerprint density at radius 1 is 1.45 bits per heavy atom. The van der Waals surface area contributed by atoms with Gasteiger partial charge in [0.15, 0.2) is 0 Å². The topological polar surface area (TPSA) is 84.2 Å². The van der Waals surface area contributed by atoms with Gasteiger partial charge in [0, 0.05) is 30.6 Å². The van der Waals surface area contributed by atoms with Crippen LogP contribution in [0.1, 0.15) is 20.3 Å². The van der Waals surface area contributed by atoms with E-state index in [1.807, 2.05) is 16.7 Å². The minimum Gasteiger partial charge on any atom is -0.367 e. The fourth-order valence-corrected chi connectivity index (χ4v) is 3.28. The molecule has 1 fully saturated rings. The molecule has 0 radical (unpaired) electrons. The molecule has 2 rings (SSSR count). The average molecular weight is 297 g/mol. The maximum absolute atomic E-state index is 11.3. The number of nitro groups is 1. The highest BCUT2D eigenvalue weighted by Gasteiger charge is 2.30. The molecule has 1 N–H and O–H groups in total. The summed E-state index contributed by atoms with van der Waals surface area (Å²) >= 11 is 1.89. The Bertz CT molecular complexity index is 509. The molecule has 0 amide bonds. The van der Waals surface area contributed by atoms with Gasteiger partial charge in [-0.2, -0.15) is 11.8 Å². The van der Waals surface area contributed by atoms with E-state index in [9.17, 15) is 10.1 Å². The van der Waals surface area contributed by atoms with Crippen molar-refractivity contribution in [3.63, 3.8) is 0 Å². The minimum absolute atomic E-state index is 0.0419. The van der Waals surface area contributed by atoms with Gasteiger partial charge in [0.05, 0.1) is 4.92 Å². The van der Waals surface area contributed by atoms with Crippen molar-refractivity contribution in [2.45, 2.75) is 25.0 Å². The molecular weight excluding hydrogens is 278 g/mol. The Labute approximate surface area is 122 Å². The van der Waals surface area contributed by atoms with Crippen molar-refractivity contribution in [2.75, 3.05) is 36.1 Å².